The molecule has 0 radical (unpaired) electrons. The number of hydrogen-bond donors (Lipinski definition) is 1. The smallest absolute Gasteiger partial charge is 0.102 e. The second-order valence-corrected chi connectivity index (χ2v) is 5.66. The molecule has 1 fully saturated rings. The summed E-state index contributed by atoms with van der Waals surface area (Å²) in [5, 5.41) is 14.9. The van der Waals surface area contributed by atoms with E-state index in [1.807, 2.05) is 4.68 Å². The fraction of sp³-hybridized carbons (Fsp3) is 0.769. The molecule has 3 unspecified atom stereocenters. The number of ether oxygens (including phenoxy) is 2. The maximum Gasteiger partial charge on any atom is 0.102 e. The van der Waals surface area contributed by atoms with Gasteiger partial charge < -0.3 is 14.6 Å². The van der Waals surface area contributed by atoms with E-state index in [0.29, 0.717) is 13.2 Å². The minimum absolute atomic E-state index is 0.132. The van der Waals surface area contributed by atoms with Crippen molar-refractivity contribution in [2.75, 3.05) is 20.3 Å². The van der Waals surface area contributed by atoms with Gasteiger partial charge in [-0.1, -0.05) is 6.92 Å². The van der Waals surface area contributed by atoms with E-state index in [2.05, 4.69) is 28.0 Å². The average molecular weight is 333 g/mol. The van der Waals surface area contributed by atoms with Gasteiger partial charge in [0.15, 0.2) is 0 Å². The summed E-state index contributed by atoms with van der Waals surface area (Å²) in [7, 11) is 1.66. The Morgan fingerprint density at radius 1 is 1.68 bits per heavy atom. The van der Waals surface area contributed by atoms with E-state index in [-0.39, 0.29) is 12.0 Å². The Labute approximate surface area is 122 Å². The third-order valence-corrected chi connectivity index (χ3v) is 4.30. The number of hydrogen-bond acceptors (Lipinski definition) is 4. The van der Waals surface area contributed by atoms with Gasteiger partial charge >= 0.3 is 0 Å². The van der Waals surface area contributed by atoms with Crippen LogP contribution < -0.4 is 0 Å². The van der Waals surface area contributed by atoms with Crippen molar-refractivity contribution in [2.45, 2.75) is 38.5 Å². The number of aromatic nitrogens is 2. The third kappa shape index (κ3) is 3.18. The zero-order valence-electron chi connectivity index (χ0n) is 11.4. The molecular formula is C13H21BrN2O3. The monoisotopic (exact) mass is 332 g/mol. The summed E-state index contributed by atoms with van der Waals surface area (Å²) in [5.41, 5.74) is 0.825. The zero-order chi connectivity index (χ0) is 13.8. The van der Waals surface area contributed by atoms with Crippen molar-refractivity contribution in [1.82, 2.24) is 9.78 Å². The Bertz CT molecular complexity index is 411. The van der Waals surface area contributed by atoms with Gasteiger partial charge in [0.2, 0.25) is 0 Å². The summed E-state index contributed by atoms with van der Waals surface area (Å²) in [5.74, 6) is 0.138. The molecular weight excluding hydrogens is 312 g/mol. The minimum Gasteiger partial charge on any atom is -0.386 e. The van der Waals surface area contributed by atoms with Crippen LogP contribution in [0.15, 0.2) is 10.7 Å². The molecule has 1 aromatic rings. The van der Waals surface area contributed by atoms with Crippen LogP contribution in [0.4, 0.5) is 0 Å². The molecule has 1 N–H and O–H groups in total. The first kappa shape index (κ1) is 15.0. The Hall–Kier alpha value is -0.430. The Morgan fingerprint density at radius 2 is 2.47 bits per heavy atom. The summed E-state index contributed by atoms with van der Waals surface area (Å²) >= 11 is 3.47. The van der Waals surface area contributed by atoms with Crippen LogP contribution in [0.5, 0.6) is 0 Å². The van der Waals surface area contributed by atoms with E-state index in [4.69, 9.17) is 9.47 Å². The molecule has 5 nitrogen and oxygen atoms in total. The van der Waals surface area contributed by atoms with E-state index in [0.717, 1.165) is 29.6 Å². The number of rotatable bonds is 6. The van der Waals surface area contributed by atoms with Gasteiger partial charge in [0.1, 0.15) is 6.10 Å². The highest BCUT2D eigenvalue weighted by Crippen LogP contribution is 2.37. The quantitative estimate of drug-likeness (QED) is 0.867. The van der Waals surface area contributed by atoms with Crippen molar-refractivity contribution in [3.8, 4) is 0 Å². The Kier molecular flexibility index (Phi) is 5.38. The van der Waals surface area contributed by atoms with Crippen LogP contribution in [0.2, 0.25) is 0 Å². The predicted molar refractivity (Wildman–Crippen MR) is 74.9 cm³/mol. The number of aliphatic hydroxyl groups is 1. The van der Waals surface area contributed by atoms with Crippen molar-refractivity contribution < 1.29 is 14.6 Å². The Morgan fingerprint density at radius 3 is 3.16 bits per heavy atom. The van der Waals surface area contributed by atoms with Gasteiger partial charge in [-0.2, -0.15) is 5.10 Å². The minimum atomic E-state index is -0.554. The van der Waals surface area contributed by atoms with Crippen LogP contribution in [0.3, 0.4) is 0 Å². The number of nitrogens with zero attached hydrogens (tertiary/aromatic N) is 2. The van der Waals surface area contributed by atoms with Gasteiger partial charge in [-0.25, -0.2) is 0 Å². The summed E-state index contributed by atoms with van der Waals surface area (Å²) in [6.45, 7) is 4.03. The van der Waals surface area contributed by atoms with Crippen LogP contribution in [0, 0.1) is 5.92 Å². The fourth-order valence-corrected chi connectivity index (χ4v) is 3.20. The third-order valence-electron chi connectivity index (χ3n) is 3.69. The molecule has 0 aliphatic carbocycles. The predicted octanol–water partition coefficient (Wildman–Crippen LogP) is 2.14. The zero-order valence-corrected chi connectivity index (χ0v) is 13.0. The molecule has 0 amide bonds. The van der Waals surface area contributed by atoms with E-state index in [1.54, 1.807) is 13.3 Å². The first-order valence-corrected chi connectivity index (χ1v) is 7.48. The molecule has 6 heteroatoms. The topological polar surface area (TPSA) is 56.5 Å². The van der Waals surface area contributed by atoms with Crippen molar-refractivity contribution in [3.63, 3.8) is 0 Å². The molecule has 1 aromatic heterocycles. The lowest BCUT2D eigenvalue weighted by atomic mass is 9.91. The highest BCUT2D eigenvalue weighted by Gasteiger charge is 2.36. The van der Waals surface area contributed by atoms with Crippen molar-refractivity contribution in [1.29, 1.82) is 0 Å². The normalized spacial score (nSPS) is 24.8. The van der Waals surface area contributed by atoms with E-state index in [1.165, 1.54) is 0 Å². The molecule has 19 heavy (non-hydrogen) atoms. The highest BCUT2D eigenvalue weighted by molar-refractivity contribution is 9.10. The molecule has 1 aliphatic heterocycles. The van der Waals surface area contributed by atoms with Crippen molar-refractivity contribution in [3.05, 3.63) is 16.4 Å². The molecule has 0 aromatic carbocycles. The summed E-state index contributed by atoms with van der Waals surface area (Å²) < 4.78 is 13.4. The van der Waals surface area contributed by atoms with Crippen LogP contribution in [0.1, 0.15) is 31.6 Å². The van der Waals surface area contributed by atoms with Crippen molar-refractivity contribution in [2.24, 2.45) is 5.92 Å². The van der Waals surface area contributed by atoms with E-state index >= 15 is 0 Å². The average Bonchev–Trinajstić information content (AvgIpc) is 3.02. The van der Waals surface area contributed by atoms with Gasteiger partial charge in [0.25, 0.3) is 0 Å². The van der Waals surface area contributed by atoms with E-state index < -0.39 is 6.10 Å². The number of halogens is 1. The summed E-state index contributed by atoms with van der Waals surface area (Å²) in [6, 6.07) is 0. The second kappa shape index (κ2) is 6.83. The molecule has 108 valence electrons. The summed E-state index contributed by atoms with van der Waals surface area (Å²) in [6.07, 6.45) is 3.12. The molecule has 0 spiro atoms. The maximum absolute atomic E-state index is 10.7. The van der Waals surface area contributed by atoms with Crippen LogP contribution in [-0.2, 0) is 16.0 Å². The first-order valence-electron chi connectivity index (χ1n) is 6.68. The SMILES string of the molecule is CCC1OCCC1C(O)c1c(Br)cnn1CCOC. The van der Waals surface area contributed by atoms with Gasteiger partial charge in [0.05, 0.1) is 35.6 Å². The summed E-state index contributed by atoms with van der Waals surface area (Å²) in [4.78, 5) is 0. The standard InChI is InChI=1S/C13H21BrN2O3/c1-3-11-9(4-6-19-11)13(17)12-10(14)8-15-16(12)5-7-18-2/h8-9,11,13,17H,3-7H2,1-2H3. The lowest BCUT2D eigenvalue weighted by molar-refractivity contribution is 0.0259. The lowest BCUT2D eigenvalue weighted by Crippen LogP contribution is -2.25. The molecule has 2 rings (SSSR count). The van der Waals surface area contributed by atoms with E-state index in [9.17, 15) is 5.11 Å². The molecule has 1 aliphatic rings. The molecule has 0 saturated carbocycles. The van der Waals surface area contributed by atoms with Crippen molar-refractivity contribution >= 4 is 15.9 Å². The van der Waals surface area contributed by atoms with Gasteiger partial charge in [-0.3, -0.25) is 4.68 Å². The maximum atomic E-state index is 10.7. The van der Waals surface area contributed by atoms with Crippen LogP contribution in [0.25, 0.3) is 0 Å². The molecule has 3 atom stereocenters. The van der Waals surface area contributed by atoms with Gasteiger partial charge in [-0.05, 0) is 28.8 Å². The molecule has 2 heterocycles. The molecule has 0 bridgehead atoms. The Balaban J connectivity index is 2.17. The second-order valence-electron chi connectivity index (χ2n) is 4.81. The number of methoxy groups -OCH3 is 1. The van der Waals surface area contributed by atoms with Gasteiger partial charge in [0, 0.05) is 19.6 Å². The van der Waals surface area contributed by atoms with Crippen LogP contribution >= 0.6 is 15.9 Å². The lowest BCUT2D eigenvalue weighted by Gasteiger charge is -2.24. The fourth-order valence-electron chi connectivity index (χ4n) is 2.67. The number of aliphatic hydroxyl groups excluding tert-OH is 1. The van der Waals surface area contributed by atoms with Crippen LogP contribution in [-0.4, -0.2) is 41.3 Å². The largest absolute Gasteiger partial charge is 0.386 e. The van der Waals surface area contributed by atoms with Gasteiger partial charge in [-0.15, -0.1) is 0 Å². The molecule has 1 saturated heterocycles. The first-order chi connectivity index (χ1) is 9.19. The highest BCUT2D eigenvalue weighted by atomic mass is 79.9.